The molecule has 0 spiro atoms. The number of carbonyl (C=O) groups is 1. The number of anilines is 1. The summed E-state index contributed by atoms with van der Waals surface area (Å²) in [5.41, 5.74) is 5.44. The van der Waals surface area contributed by atoms with Crippen molar-refractivity contribution >= 4 is 17.3 Å². The maximum Gasteiger partial charge on any atom is 0.292 e. The normalized spacial score (nSPS) is 10.1. The van der Waals surface area contributed by atoms with Crippen LogP contribution in [0.3, 0.4) is 0 Å². The Bertz CT molecular complexity index is 446. The molecule has 3 N–H and O–H groups in total. The third kappa shape index (κ3) is 3.44. The van der Waals surface area contributed by atoms with Crippen LogP contribution in [0.25, 0.3) is 0 Å². The number of amides is 1. The molecule has 1 amide bonds. The van der Waals surface area contributed by atoms with Crippen molar-refractivity contribution in [1.29, 1.82) is 0 Å². The molecule has 0 fully saturated rings. The lowest BCUT2D eigenvalue weighted by Crippen LogP contribution is -2.25. The maximum absolute atomic E-state index is 11.8. The number of benzene rings is 1. The predicted octanol–water partition coefficient (Wildman–Crippen LogP) is 2.10. The fourth-order valence-electron chi connectivity index (χ4n) is 1.58. The highest BCUT2D eigenvalue weighted by atomic mass is 16.6. The Labute approximate surface area is 105 Å². The summed E-state index contributed by atoms with van der Waals surface area (Å²) < 4.78 is 0. The van der Waals surface area contributed by atoms with Gasteiger partial charge >= 0.3 is 0 Å². The number of hydrogen-bond donors (Lipinski definition) is 2. The Hall–Kier alpha value is -2.11. The molecule has 0 aliphatic heterocycles. The Kier molecular flexibility index (Phi) is 5.10. The number of nitrogen functional groups attached to an aromatic ring is 1. The van der Waals surface area contributed by atoms with Crippen LogP contribution in [0, 0.1) is 10.1 Å². The largest absolute Gasteiger partial charge is 0.393 e. The van der Waals surface area contributed by atoms with E-state index < -0.39 is 4.92 Å². The summed E-state index contributed by atoms with van der Waals surface area (Å²) >= 11 is 0. The second-order valence-corrected chi connectivity index (χ2v) is 3.96. The minimum absolute atomic E-state index is 0.0875. The fraction of sp³-hybridized carbons (Fsp3) is 0.417. The molecule has 6 nitrogen and oxygen atoms in total. The molecule has 1 aromatic carbocycles. The van der Waals surface area contributed by atoms with Crippen LogP contribution < -0.4 is 11.1 Å². The first-order valence-electron chi connectivity index (χ1n) is 5.89. The predicted molar refractivity (Wildman–Crippen MR) is 69.4 cm³/mol. The number of nitro groups is 1. The number of nitro benzene ring substituents is 1. The molecule has 0 aliphatic rings. The van der Waals surface area contributed by atoms with Gasteiger partial charge in [0.15, 0.2) is 0 Å². The van der Waals surface area contributed by atoms with Gasteiger partial charge in [-0.25, -0.2) is 0 Å². The Balaban J connectivity index is 2.74. The van der Waals surface area contributed by atoms with Crippen LogP contribution in [0.15, 0.2) is 18.2 Å². The van der Waals surface area contributed by atoms with Gasteiger partial charge in [0.2, 0.25) is 0 Å². The van der Waals surface area contributed by atoms with Crippen LogP contribution in [0.5, 0.6) is 0 Å². The van der Waals surface area contributed by atoms with Crippen molar-refractivity contribution in [2.75, 3.05) is 12.3 Å². The molecule has 0 heterocycles. The highest BCUT2D eigenvalue weighted by Crippen LogP contribution is 2.24. The number of carbonyl (C=O) groups excluding carboxylic acids is 1. The molecule has 0 saturated heterocycles. The summed E-state index contributed by atoms with van der Waals surface area (Å²) in [6.45, 7) is 2.62. The average Bonchev–Trinajstić information content (AvgIpc) is 2.34. The second kappa shape index (κ2) is 6.58. The van der Waals surface area contributed by atoms with E-state index in [0.717, 1.165) is 19.3 Å². The van der Waals surface area contributed by atoms with Gasteiger partial charge in [0.05, 0.1) is 10.5 Å². The van der Waals surface area contributed by atoms with Crippen molar-refractivity contribution in [2.24, 2.45) is 0 Å². The van der Waals surface area contributed by atoms with Crippen LogP contribution in [0.4, 0.5) is 11.4 Å². The van der Waals surface area contributed by atoms with Crippen molar-refractivity contribution in [2.45, 2.75) is 26.2 Å². The molecule has 98 valence electrons. The Morgan fingerprint density at radius 3 is 2.78 bits per heavy atom. The van der Waals surface area contributed by atoms with E-state index in [9.17, 15) is 14.9 Å². The minimum Gasteiger partial charge on any atom is -0.393 e. The van der Waals surface area contributed by atoms with Crippen LogP contribution in [-0.2, 0) is 0 Å². The summed E-state index contributed by atoms with van der Waals surface area (Å²) in [4.78, 5) is 21.9. The summed E-state index contributed by atoms with van der Waals surface area (Å²) in [6.07, 6.45) is 2.98. The summed E-state index contributed by atoms with van der Waals surface area (Å²) in [6, 6.07) is 4.22. The van der Waals surface area contributed by atoms with Gasteiger partial charge in [0.25, 0.3) is 11.6 Å². The van der Waals surface area contributed by atoms with Crippen molar-refractivity contribution in [3.63, 3.8) is 0 Å². The maximum atomic E-state index is 11.8. The first-order chi connectivity index (χ1) is 8.57. The molecule has 0 atom stereocenters. The third-order valence-corrected chi connectivity index (χ3v) is 2.59. The number of hydrogen-bond acceptors (Lipinski definition) is 4. The zero-order chi connectivity index (χ0) is 13.5. The van der Waals surface area contributed by atoms with Gasteiger partial charge in [-0.15, -0.1) is 0 Å². The molecule has 0 bridgehead atoms. The number of para-hydroxylation sites is 1. The van der Waals surface area contributed by atoms with E-state index in [1.54, 1.807) is 0 Å². The van der Waals surface area contributed by atoms with Crippen molar-refractivity contribution in [3.05, 3.63) is 33.9 Å². The fourth-order valence-corrected chi connectivity index (χ4v) is 1.58. The Morgan fingerprint density at radius 2 is 2.17 bits per heavy atom. The summed E-state index contributed by atoms with van der Waals surface area (Å²) in [5.74, 6) is -0.368. The second-order valence-electron chi connectivity index (χ2n) is 3.96. The highest BCUT2D eigenvalue weighted by molar-refractivity contribution is 6.00. The number of unbranched alkanes of at least 4 members (excludes halogenated alkanes) is 2. The SMILES string of the molecule is CCCCCNC(=O)c1cccc([N+](=O)[O-])c1N. The quantitative estimate of drug-likeness (QED) is 0.350. The number of nitrogens with zero attached hydrogens (tertiary/aromatic N) is 1. The third-order valence-electron chi connectivity index (χ3n) is 2.59. The van der Waals surface area contributed by atoms with E-state index in [0.29, 0.717) is 6.54 Å². The number of nitrogens with two attached hydrogens (primary N) is 1. The molecular weight excluding hydrogens is 234 g/mol. The first-order valence-corrected chi connectivity index (χ1v) is 5.89. The lowest BCUT2D eigenvalue weighted by molar-refractivity contribution is -0.383. The van der Waals surface area contributed by atoms with Gasteiger partial charge in [0, 0.05) is 12.6 Å². The van der Waals surface area contributed by atoms with Gasteiger partial charge < -0.3 is 11.1 Å². The van der Waals surface area contributed by atoms with Gasteiger partial charge in [0.1, 0.15) is 5.69 Å². The van der Waals surface area contributed by atoms with Gasteiger partial charge in [-0.05, 0) is 12.5 Å². The topological polar surface area (TPSA) is 98.3 Å². The Morgan fingerprint density at radius 1 is 1.44 bits per heavy atom. The molecule has 0 aromatic heterocycles. The van der Waals surface area contributed by atoms with Crippen LogP contribution in [0.1, 0.15) is 36.5 Å². The highest BCUT2D eigenvalue weighted by Gasteiger charge is 2.18. The van der Waals surface area contributed by atoms with Crippen molar-refractivity contribution in [3.8, 4) is 0 Å². The van der Waals surface area contributed by atoms with Gasteiger partial charge in [-0.2, -0.15) is 0 Å². The molecule has 0 aliphatic carbocycles. The van der Waals surface area contributed by atoms with E-state index in [4.69, 9.17) is 5.73 Å². The molecule has 1 aromatic rings. The zero-order valence-corrected chi connectivity index (χ0v) is 10.3. The molecule has 0 saturated carbocycles. The lowest BCUT2D eigenvalue weighted by atomic mass is 10.1. The molecule has 0 unspecified atom stereocenters. The van der Waals surface area contributed by atoms with Gasteiger partial charge in [-0.3, -0.25) is 14.9 Å². The molecule has 1 rings (SSSR count). The molecule has 6 heteroatoms. The lowest BCUT2D eigenvalue weighted by Gasteiger charge is -2.07. The molecule has 0 radical (unpaired) electrons. The van der Waals surface area contributed by atoms with E-state index in [2.05, 4.69) is 12.2 Å². The summed E-state index contributed by atoms with van der Waals surface area (Å²) in [5, 5.41) is 13.4. The van der Waals surface area contributed by atoms with E-state index in [1.807, 2.05) is 0 Å². The van der Waals surface area contributed by atoms with Gasteiger partial charge in [-0.1, -0.05) is 25.8 Å². The molecule has 18 heavy (non-hydrogen) atoms. The van der Waals surface area contributed by atoms with Crippen LogP contribution in [-0.4, -0.2) is 17.4 Å². The van der Waals surface area contributed by atoms with Crippen molar-refractivity contribution < 1.29 is 9.72 Å². The zero-order valence-electron chi connectivity index (χ0n) is 10.3. The standard InChI is InChI=1S/C12H17N3O3/c1-2-3-4-8-14-12(16)9-6-5-7-10(11(9)13)15(17)18/h5-7H,2-4,8,13H2,1H3,(H,14,16). The smallest absolute Gasteiger partial charge is 0.292 e. The number of nitrogens with one attached hydrogen (secondary N) is 1. The van der Waals surface area contributed by atoms with E-state index in [1.165, 1.54) is 18.2 Å². The molecular formula is C12H17N3O3. The van der Waals surface area contributed by atoms with Crippen molar-refractivity contribution in [1.82, 2.24) is 5.32 Å². The minimum atomic E-state index is -0.594. The van der Waals surface area contributed by atoms with E-state index in [-0.39, 0.29) is 22.8 Å². The first kappa shape index (κ1) is 14.0. The summed E-state index contributed by atoms with van der Waals surface area (Å²) in [7, 11) is 0. The number of rotatable bonds is 6. The monoisotopic (exact) mass is 251 g/mol. The van der Waals surface area contributed by atoms with Crippen LogP contribution in [0.2, 0.25) is 0 Å². The van der Waals surface area contributed by atoms with Crippen LogP contribution >= 0.6 is 0 Å². The van der Waals surface area contributed by atoms with E-state index >= 15 is 0 Å². The average molecular weight is 251 g/mol.